The van der Waals surface area contributed by atoms with Gasteiger partial charge in [-0.25, -0.2) is 15.0 Å². The fourth-order valence-electron chi connectivity index (χ4n) is 2.51. The molecule has 2 N–H and O–H groups in total. The molecule has 0 saturated heterocycles. The molecule has 0 spiro atoms. The van der Waals surface area contributed by atoms with Crippen molar-refractivity contribution in [1.82, 2.24) is 24.9 Å². The number of fused-ring (bicyclic) bond motifs is 1. The molecule has 0 aromatic carbocycles. The Balaban J connectivity index is 1.73. The largest absolute Gasteiger partial charge is 0.346 e. The highest BCUT2D eigenvalue weighted by Gasteiger charge is 2.08. The second kappa shape index (κ2) is 5.49. The summed E-state index contributed by atoms with van der Waals surface area (Å²) in [7, 11) is 0. The van der Waals surface area contributed by atoms with Crippen molar-refractivity contribution in [2.45, 2.75) is 6.92 Å². The Morgan fingerprint density at radius 2 is 1.83 bits per heavy atom. The van der Waals surface area contributed by atoms with Crippen LogP contribution in [-0.4, -0.2) is 24.9 Å². The van der Waals surface area contributed by atoms with Crippen molar-refractivity contribution >= 4 is 22.7 Å². The van der Waals surface area contributed by atoms with Crippen molar-refractivity contribution in [3.05, 3.63) is 60.8 Å². The van der Waals surface area contributed by atoms with E-state index in [0.29, 0.717) is 5.95 Å². The summed E-state index contributed by atoms with van der Waals surface area (Å²) in [6.45, 7) is 1.95. The van der Waals surface area contributed by atoms with Crippen LogP contribution < -0.4 is 5.32 Å². The minimum absolute atomic E-state index is 0.550. The van der Waals surface area contributed by atoms with Gasteiger partial charge < -0.3 is 10.3 Å². The number of rotatable bonds is 3. The summed E-state index contributed by atoms with van der Waals surface area (Å²) in [4.78, 5) is 20.5. The molecule has 4 aromatic heterocycles. The standard InChI is InChI=1S/C17H14N6/c1-11-10-12(2-6-18-11)22-17-21-9-5-15(23-17)13-3-7-19-16-14(13)4-8-20-16/h2-10H,1H3,(H,19,20)(H,18,21,22,23). The van der Waals surface area contributed by atoms with Gasteiger partial charge in [-0.1, -0.05) is 0 Å². The maximum atomic E-state index is 4.61. The molecule has 112 valence electrons. The van der Waals surface area contributed by atoms with E-state index in [1.807, 2.05) is 43.5 Å². The van der Waals surface area contributed by atoms with Gasteiger partial charge in [0.25, 0.3) is 0 Å². The summed E-state index contributed by atoms with van der Waals surface area (Å²) in [5.74, 6) is 0.550. The third kappa shape index (κ3) is 2.62. The van der Waals surface area contributed by atoms with Crippen molar-refractivity contribution < 1.29 is 0 Å². The van der Waals surface area contributed by atoms with Crippen molar-refractivity contribution in [2.24, 2.45) is 0 Å². The smallest absolute Gasteiger partial charge is 0.227 e. The van der Waals surface area contributed by atoms with Crippen LogP contribution in [-0.2, 0) is 0 Å². The summed E-state index contributed by atoms with van der Waals surface area (Å²) >= 11 is 0. The lowest BCUT2D eigenvalue weighted by Gasteiger charge is -2.07. The molecule has 0 aliphatic rings. The van der Waals surface area contributed by atoms with Gasteiger partial charge in [0.2, 0.25) is 5.95 Å². The first-order valence-electron chi connectivity index (χ1n) is 7.25. The second-order valence-corrected chi connectivity index (χ2v) is 5.17. The molecule has 0 radical (unpaired) electrons. The zero-order valence-corrected chi connectivity index (χ0v) is 12.5. The second-order valence-electron chi connectivity index (χ2n) is 5.17. The third-order valence-electron chi connectivity index (χ3n) is 3.54. The van der Waals surface area contributed by atoms with E-state index in [-0.39, 0.29) is 0 Å². The molecule has 0 aliphatic carbocycles. The molecule has 4 aromatic rings. The topological polar surface area (TPSA) is 79.4 Å². The number of hydrogen-bond donors (Lipinski definition) is 2. The zero-order chi connectivity index (χ0) is 15.6. The highest BCUT2D eigenvalue weighted by Crippen LogP contribution is 2.26. The number of aromatic nitrogens is 5. The number of anilines is 2. The van der Waals surface area contributed by atoms with Gasteiger partial charge in [0.1, 0.15) is 5.65 Å². The Labute approximate surface area is 132 Å². The molecule has 23 heavy (non-hydrogen) atoms. The number of nitrogens with zero attached hydrogens (tertiary/aromatic N) is 4. The van der Waals surface area contributed by atoms with E-state index in [1.165, 1.54) is 0 Å². The average molecular weight is 302 g/mol. The fourth-order valence-corrected chi connectivity index (χ4v) is 2.51. The van der Waals surface area contributed by atoms with Gasteiger partial charge in [-0.2, -0.15) is 0 Å². The molecular formula is C17H14N6. The predicted octanol–water partition coefficient (Wildman–Crippen LogP) is 3.47. The van der Waals surface area contributed by atoms with Crippen LogP contribution in [0.3, 0.4) is 0 Å². The molecule has 0 saturated carbocycles. The molecular weight excluding hydrogens is 288 g/mol. The Morgan fingerprint density at radius 3 is 2.74 bits per heavy atom. The SMILES string of the molecule is Cc1cc(Nc2nccc(-c3ccnc4[nH]ccc34)n2)ccn1. The molecule has 6 heteroatoms. The molecule has 4 rings (SSSR count). The molecule has 0 amide bonds. The van der Waals surface area contributed by atoms with E-state index in [1.54, 1.807) is 18.6 Å². The zero-order valence-electron chi connectivity index (χ0n) is 12.5. The van der Waals surface area contributed by atoms with Crippen LogP contribution in [0, 0.1) is 6.92 Å². The van der Waals surface area contributed by atoms with E-state index >= 15 is 0 Å². The normalized spacial score (nSPS) is 10.8. The van der Waals surface area contributed by atoms with Crippen LogP contribution in [0.4, 0.5) is 11.6 Å². The Hall–Kier alpha value is -3.28. The highest BCUT2D eigenvalue weighted by molar-refractivity contribution is 5.91. The van der Waals surface area contributed by atoms with Crippen molar-refractivity contribution in [1.29, 1.82) is 0 Å². The minimum atomic E-state index is 0.550. The van der Waals surface area contributed by atoms with Gasteiger partial charge in [-0.3, -0.25) is 4.98 Å². The van der Waals surface area contributed by atoms with Crippen LogP contribution >= 0.6 is 0 Å². The minimum Gasteiger partial charge on any atom is -0.346 e. The van der Waals surface area contributed by atoms with Gasteiger partial charge in [0.05, 0.1) is 5.69 Å². The van der Waals surface area contributed by atoms with E-state index in [4.69, 9.17) is 0 Å². The first-order chi connectivity index (χ1) is 11.3. The summed E-state index contributed by atoms with van der Waals surface area (Å²) < 4.78 is 0. The third-order valence-corrected chi connectivity index (χ3v) is 3.54. The maximum Gasteiger partial charge on any atom is 0.227 e. The fraction of sp³-hybridized carbons (Fsp3) is 0.0588. The van der Waals surface area contributed by atoms with Crippen LogP contribution in [0.15, 0.2) is 55.1 Å². The number of aryl methyl sites for hydroxylation is 1. The Bertz CT molecular complexity index is 975. The summed E-state index contributed by atoms with van der Waals surface area (Å²) in [6.07, 6.45) is 7.15. The van der Waals surface area contributed by atoms with Crippen LogP contribution in [0.1, 0.15) is 5.69 Å². The van der Waals surface area contributed by atoms with Gasteiger partial charge in [-0.15, -0.1) is 0 Å². The van der Waals surface area contributed by atoms with E-state index in [2.05, 4.69) is 30.2 Å². The summed E-state index contributed by atoms with van der Waals surface area (Å²) in [6, 6.07) is 9.69. The molecule has 0 aliphatic heterocycles. The number of pyridine rings is 2. The highest BCUT2D eigenvalue weighted by atomic mass is 15.1. The Kier molecular flexibility index (Phi) is 3.20. The quantitative estimate of drug-likeness (QED) is 0.606. The number of aromatic amines is 1. The van der Waals surface area contributed by atoms with Gasteiger partial charge in [-0.05, 0) is 37.3 Å². The van der Waals surface area contributed by atoms with Gasteiger partial charge >= 0.3 is 0 Å². The monoisotopic (exact) mass is 302 g/mol. The number of H-pyrrole nitrogens is 1. The lowest BCUT2D eigenvalue weighted by atomic mass is 10.1. The van der Waals surface area contributed by atoms with Crippen molar-refractivity contribution in [2.75, 3.05) is 5.32 Å². The maximum absolute atomic E-state index is 4.61. The molecule has 0 bridgehead atoms. The molecule has 6 nitrogen and oxygen atoms in total. The van der Waals surface area contributed by atoms with Crippen LogP contribution in [0.5, 0.6) is 0 Å². The van der Waals surface area contributed by atoms with E-state index in [0.717, 1.165) is 33.7 Å². The summed E-state index contributed by atoms with van der Waals surface area (Å²) in [5, 5.41) is 4.25. The van der Waals surface area contributed by atoms with Crippen LogP contribution in [0.2, 0.25) is 0 Å². The molecule has 4 heterocycles. The molecule has 0 unspecified atom stereocenters. The molecule has 0 atom stereocenters. The molecule has 0 fully saturated rings. The first kappa shape index (κ1) is 13.4. The lowest BCUT2D eigenvalue weighted by molar-refractivity contribution is 1.16. The first-order valence-corrected chi connectivity index (χ1v) is 7.25. The number of nitrogens with one attached hydrogen (secondary N) is 2. The van der Waals surface area contributed by atoms with E-state index in [9.17, 15) is 0 Å². The predicted molar refractivity (Wildman–Crippen MR) is 89.4 cm³/mol. The average Bonchev–Trinajstić information content (AvgIpc) is 3.03. The lowest BCUT2D eigenvalue weighted by Crippen LogP contribution is -1.98. The van der Waals surface area contributed by atoms with Crippen LogP contribution in [0.25, 0.3) is 22.3 Å². The Morgan fingerprint density at radius 1 is 0.957 bits per heavy atom. The summed E-state index contributed by atoms with van der Waals surface area (Å²) in [5.41, 5.74) is 4.57. The number of hydrogen-bond acceptors (Lipinski definition) is 5. The van der Waals surface area contributed by atoms with Crippen molar-refractivity contribution in [3.8, 4) is 11.3 Å². The van der Waals surface area contributed by atoms with E-state index < -0.39 is 0 Å². The van der Waals surface area contributed by atoms with Gasteiger partial charge in [0.15, 0.2) is 0 Å². The van der Waals surface area contributed by atoms with Crippen molar-refractivity contribution in [3.63, 3.8) is 0 Å². The van der Waals surface area contributed by atoms with Gasteiger partial charge in [0, 0.05) is 47.1 Å².